The Balaban J connectivity index is 1.42. The lowest BCUT2D eigenvalue weighted by atomic mass is 10.2. The van der Waals surface area contributed by atoms with Gasteiger partial charge in [-0.25, -0.2) is 0 Å². The van der Waals surface area contributed by atoms with Crippen LogP contribution in [0.2, 0.25) is 5.02 Å². The summed E-state index contributed by atoms with van der Waals surface area (Å²) in [7, 11) is 0. The van der Waals surface area contributed by atoms with Gasteiger partial charge in [0.05, 0.1) is 11.6 Å². The van der Waals surface area contributed by atoms with Crippen LogP contribution >= 0.6 is 11.6 Å². The molecule has 1 N–H and O–H groups in total. The van der Waals surface area contributed by atoms with Crippen LogP contribution in [0.5, 0.6) is 0 Å². The van der Waals surface area contributed by atoms with Gasteiger partial charge in [0.2, 0.25) is 11.8 Å². The molecule has 0 fully saturated rings. The van der Waals surface area contributed by atoms with Gasteiger partial charge >= 0.3 is 0 Å². The number of aromatic nitrogens is 2. The van der Waals surface area contributed by atoms with E-state index in [0.717, 1.165) is 11.1 Å². The Kier molecular flexibility index (Phi) is 4.72. The summed E-state index contributed by atoms with van der Waals surface area (Å²) in [6.07, 6.45) is 0. The van der Waals surface area contributed by atoms with E-state index in [2.05, 4.69) is 15.5 Å². The maximum Gasteiger partial charge on any atom is 0.287 e. The molecule has 2 heterocycles. The Hall–Kier alpha value is -3.38. The van der Waals surface area contributed by atoms with E-state index >= 15 is 0 Å². The van der Waals surface area contributed by atoms with Crippen LogP contribution in [0, 0.1) is 0 Å². The van der Waals surface area contributed by atoms with E-state index < -0.39 is 0 Å². The highest BCUT2D eigenvalue weighted by Crippen LogP contribution is 2.29. The van der Waals surface area contributed by atoms with Gasteiger partial charge in [-0.2, -0.15) is 0 Å². The van der Waals surface area contributed by atoms with Crippen molar-refractivity contribution < 1.29 is 13.6 Å². The Bertz CT molecular complexity index is 1070. The second kappa shape index (κ2) is 7.47. The van der Waals surface area contributed by atoms with Crippen molar-refractivity contribution in [2.75, 3.05) is 0 Å². The monoisotopic (exact) mass is 379 g/mol. The molecule has 134 valence electrons. The van der Waals surface area contributed by atoms with Crippen molar-refractivity contribution in [1.82, 2.24) is 15.5 Å². The second-order valence-electron chi connectivity index (χ2n) is 5.69. The lowest BCUT2D eigenvalue weighted by Crippen LogP contribution is -2.22. The summed E-state index contributed by atoms with van der Waals surface area (Å²) in [5.41, 5.74) is 1.54. The molecule has 0 bridgehead atoms. The normalized spacial score (nSPS) is 10.7. The van der Waals surface area contributed by atoms with Crippen molar-refractivity contribution >= 4 is 17.5 Å². The Labute approximate surface area is 159 Å². The van der Waals surface area contributed by atoms with Gasteiger partial charge in [-0.05, 0) is 36.4 Å². The van der Waals surface area contributed by atoms with E-state index in [-0.39, 0.29) is 18.2 Å². The Morgan fingerprint density at radius 2 is 1.70 bits per heavy atom. The van der Waals surface area contributed by atoms with Gasteiger partial charge in [-0.1, -0.05) is 41.9 Å². The zero-order valence-electron chi connectivity index (χ0n) is 14.1. The molecular formula is C20H14ClN3O3. The zero-order valence-corrected chi connectivity index (χ0v) is 14.8. The van der Waals surface area contributed by atoms with Crippen molar-refractivity contribution in [3.05, 3.63) is 83.4 Å². The van der Waals surface area contributed by atoms with Gasteiger partial charge in [0.25, 0.3) is 5.91 Å². The van der Waals surface area contributed by atoms with E-state index in [1.165, 1.54) is 0 Å². The number of furan rings is 1. The molecule has 4 rings (SSSR count). The van der Waals surface area contributed by atoms with Gasteiger partial charge in [-0.15, -0.1) is 10.2 Å². The van der Waals surface area contributed by atoms with E-state index in [4.69, 9.17) is 20.4 Å². The highest BCUT2D eigenvalue weighted by molar-refractivity contribution is 6.33. The first-order chi connectivity index (χ1) is 13.2. The number of carbonyl (C=O) groups is 1. The Morgan fingerprint density at radius 1 is 0.926 bits per heavy atom. The number of nitrogens with zero attached hydrogens (tertiary/aromatic N) is 2. The molecule has 0 spiro atoms. The number of nitrogens with one attached hydrogen (secondary N) is 1. The number of benzene rings is 2. The summed E-state index contributed by atoms with van der Waals surface area (Å²) in [5.74, 6) is 1.02. The summed E-state index contributed by atoms with van der Waals surface area (Å²) in [6.45, 7) is 0.0980. The van der Waals surface area contributed by atoms with Crippen LogP contribution in [0.25, 0.3) is 22.8 Å². The largest absolute Gasteiger partial charge is 0.451 e. The molecule has 0 aliphatic rings. The first-order valence-electron chi connectivity index (χ1n) is 8.21. The average Bonchev–Trinajstić information content (AvgIpc) is 3.37. The third-order valence-corrected chi connectivity index (χ3v) is 4.19. The molecule has 0 aliphatic carbocycles. The minimum absolute atomic E-state index is 0.0980. The van der Waals surface area contributed by atoms with E-state index in [9.17, 15) is 4.79 Å². The van der Waals surface area contributed by atoms with Crippen molar-refractivity contribution in [3.63, 3.8) is 0 Å². The van der Waals surface area contributed by atoms with Gasteiger partial charge in [0.15, 0.2) is 5.76 Å². The number of carbonyl (C=O) groups excluding carboxylic acids is 1. The minimum atomic E-state index is -0.382. The van der Waals surface area contributed by atoms with Crippen LogP contribution in [-0.4, -0.2) is 16.1 Å². The second-order valence-corrected chi connectivity index (χ2v) is 6.10. The number of halogens is 1. The number of hydrogen-bond acceptors (Lipinski definition) is 5. The third-order valence-electron chi connectivity index (χ3n) is 3.86. The number of hydrogen-bond donors (Lipinski definition) is 1. The zero-order chi connectivity index (χ0) is 18.6. The molecule has 0 unspecified atom stereocenters. The van der Waals surface area contributed by atoms with Crippen LogP contribution < -0.4 is 5.32 Å². The molecule has 0 saturated heterocycles. The first kappa shape index (κ1) is 17.1. The summed E-state index contributed by atoms with van der Waals surface area (Å²) in [4.78, 5) is 12.3. The molecule has 0 radical (unpaired) electrons. The van der Waals surface area contributed by atoms with Gasteiger partial charge < -0.3 is 14.2 Å². The molecule has 0 saturated carbocycles. The van der Waals surface area contributed by atoms with Gasteiger partial charge in [0.1, 0.15) is 5.76 Å². The topological polar surface area (TPSA) is 81.2 Å². The summed E-state index contributed by atoms with van der Waals surface area (Å²) in [5, 5.41) is 11.2. The standard InChI is InChI=1S/C20H14ClN3O3/c21-15-9-5-4-8-14(15)16-10-11-17(26-16)19(25)22-12-18-23-24-20(27-18)13-6-2-1-3-7-13/h1-11H,12H2,(H,22,25). The van der Waals surface area contributed by atoms with Crippen LogP contribution in [0.1, 0.15) is 16.4 Å². The maximum absolute atomic E-state index is 12.3. The fourth-order valence-corrected chi connectivity index (χ4v) is 2.76. The molecule has 2 aromatic carbocycles. The van der Waals surface area contributed by atoms with Crippen molar-refractivity contribution in [1.29, 1.82) is 0 Å². The fourth-order valence-electron chi connectivity index (χ4n) is 2.53. The molecule has 6 nitrogen and oxygen atoms in total. The van der Waals surface area contributed by atoms with E-state index in [0.29, 0.717) is 22.6 Å². The molecule has 7 heteroatoms. The van der Waals surface area contributed by atoms with E-state index in [1.807, 2.05) is 48.5 Å². The number of amides is 1. The number of rotatable bonds is 5. The van der Waals surface area contributed by atoms with Crippen LogP contribution in [0.15, 0.2) is 75.6 Å². The van der Waals surface area contributed by atoms with Gasteiger partial charge in [0, 0.05) is 11.1 Å². The smallest absolute Gasteiger partial charge is 0.287 e. The highest BCUT2D eigenvalue weighted by Gasteiger charge is 2.15. The van der Waals surface area contributed by atoms with Crippen LogP contribution in [0.3, 0.4) is 0 Å². The summed E-state index contributed by atoms with van der Waals surface area (Å²) < 4.78 is 11.2. The molecule has 4 aromatic rings. The predicted octanol–water partition coefficient (Wildman–Crippen LogP) is 4.58. The third kappa shape index (κ3) is 3.75. The lowest BCUT2D eigenvalue weighted by molar-refractivity contribution is 0.0920. The Morgan fingerprint density at radius 3 is 2.52 bits per heavy atom. The quantitative estimate of drug-likeness (QED) is 0.549. The SMILES string of the molecule is O=C(NCc1nnc(-c2ccccc2)o1)c1ccc(-c2ccccc2Cl)o1. The average molecular weight is 380 g/mol. The van der Waals surface area contributed by atoms with Crippen molar-refractivity contribution in [3.8, 4) is 22.8 Å². The molecule has 0 aliphatic heterocycles. The van der Waals surface area contributed by atoms with E-state index in [1.54, 1.807) is 18.2 Å². The predicted molar refractivity (Wildman–Crippen MR) is 100 cm³/mol. The molecule has 2 aromatic heterocycles. The summed E-state index contributed by atoms with van der Waals surface area (Å²) >= 11 is 6.15. The fraction of sp³-hybridized carbons (Fsp3) is 0.0500. The first-order valence-corrected chi connectivity index (χ1v) is 8.59. The highest BCUT2D eigenvalue weighted by atomic mass is 35.5. The van der Waals surface area contributed by atoms with Gasteiger partial charge in [-0.3, -0.25) is 4.79 Å². The summed E-state index contributed by atoms with van der Waals surface area (Å²) in [6, 6.07) is 20.0. The molecule has 0 atom stereocenters. The lowest BCUT2D eigenvalue weighted by Gasteiger charge is -2.01. The minimum Gasteiger partial charge on any atom is -0.451 e. The van der Waals surface area contributed by atoms with Crippen molar-refractivity contribution in [2.45, 2.75) is 6.54 Å². The molecule has 1 amide bonds. The van der Waals surface area contributed by atoms with Crippen LogP contribution in [-0.2, 0) is 6.54 Å². The maximum atomic E-state index is 12.3. The molecule has 27 heavy (non-hydrogen) atoms. The van der Waals surface area contributed by atoms with Crippen LogP contribution in [0.4, 0.5) is 0 Å². The van der Waals surface area contributed by atoms with Crippen molar-refractivity contribution in [2.24, 2.45) is 0 Å². The molecular weight excluding hydrogens is 366 g/mol.